The fraction of sp³-hybridized carbons (Fsp3) is 0.182. The molecule has 17 heavy (non-hydrogen) atoms. The first-order chi connectivity index (χ1) is 8.04. The van der Waals surface area contributed by atoms with Gasteiger partial charge in [-0.15, -0.1) is 0 Å². The van der Waals surface area contributed by atoms with E-state index in [0.717, 1.165) is 6.07 Å². The maximum atomic E-state index is 13.4. The van der Waals surface area contributed by atoms with E-state index in [9.17, 15) is 13.6 Å². The number of fused-ring (bicyclic) bond motifs is 1. The van der Waals surface area contributed by atoms with Crippen LogP contribution in [0.2, 0.25) is 0 Å². The third kappa shape index (κ3) is 1.82. The third-order valence-corrected chi connectivity index (χ3v) is 2.30. The second-order valence-corrected chi connectivity index (χ2v) is 3.38. The molecule has 1 aromatic carbocycles. The molecule has 2 N–H and O–H groups in total. The zero-order valence-corrected chi connectivity index (χ0v) is 8.88. The molecule has 0 unspecified atom stereocenters. The first-order valence-corrected chi connectivity index (χ1v) is 4.91. The highest BCUT2D eigenvalue weighted by molar-refractivity contribution is 5.96. The van der Waals surface area contributed by atoms with Crippen LogP contribution >= 0.6 is 0 Å². The summed E-state index contributed by atoms with van der Waals surface area (Å²) in [6, 6.07) is 2.12. The van der Waals surface area contributed by atoms with Crippen LogP contribution in [0.1, 0.15) is 17.4 Å². The molecule has 6 heteroatoms. The van der Waals surface area contributed by atoms with Gasteiger partial charge in [-0.05, 0) is 13.0 Å². The van der Waals surface area contributed by atoms with Gasteiger partial charge in [0.15, 0.2) is 11.6 Å². The largest absolute Gasteiger partial charge is 0.493 e. The van der Waals surface area contributed by atoms with Crippen molar-refractivity contribution in [2.24, 2.45) is 0 Å². The molecule has 90 valence electrons. The summed E-state index contributed by atoms with van der Waals surface area (Å²) in [5, 5.41) is 8.99. The molecule has 0 bridgehead atoms. The third-order valence-electron chi connectivity index (χ3n) is 2.30. The number of benzene rings is 1. The molecule has 0 saturated heterocycles. The van der Waals surface area contributed by atoms with E-state index in [2.05, 4.69) is 4.98 Å². The summed E-state index contributed by atoms with van der Waals surface area (Å²) in [5.41, 5.74) is -0.420. The number of carbonyl (C=O) groups is 1. The van der Waals surface area contributed by atoms with Gasteiger partial charge in [-0.3, -0.25) is 0 Å². The van der Waals surface area contributed by atoms with Crippen LogP contribution in [0.5, 0.6) is 5.75 Å². The Kier molecular flexibility index (Phi) is 2.71. The number of H-pyrrole nitrogens is 1. The molecule has 0 aliphatic rings. The molecule has 0 aliphatic carbocycles. The molecular formula is C11H9F2NO3. The van der Waals surface area contributed by atoms with E-state index in [4.69, 9.17) is 9.84 Å². The van der Waals surface area contributed by atoms with Gasteiger partial charge in [0.05, 0.1) is 12.1 Å². The molecular weight excluding hydrogens is 232 g/mol. The summed E-state index contributed by atoms with van der Waals surface area (Å²) in [5.74, 6) is -3.33. The smallest absolute Gasteiger partial charge is 0.352 e. The number of ether oxygens (including phenoxy) is 1. The normalized spacial score (nSPS) is 10.8. The van der Waals surface area contributed by atoms with Gasteiger partial charge in [-0.1, -0.05) is 0 Å². The van der Waals surface area contributed by atoms with Gasteiger partial charge in [-0.2, -0.15) is 0 Å². The highest BCUT2D eigenvalue weighted by Crippen LogP contribution is 2.30. The first-order valence-electron chi connectivity index (χ1n) is 4.91. The zero-order chi connectivity index (χ0) is 12.6. The van der Waals surface area contributed by atoms with Crippen molar-refractivity contribution in [2.45, 2.75) is 6.92 Å². The number of carboxylic acids is 1. The quantitative estimate of drug-likeness (QED) is 0.867. The zero-order valence-electron chi connectivity index (χ0n) is 8.88. The van der Waals surface area contributed by atoms with Crippen LogP contribution in [-0.4, -0.2) is 22.7 Å². The minimum atomic E-state index is -1.25. The van der Waals surface area contributed by atoms with Gasteiger partial charge in [0.2, 0.25) is 0 Å². The van der Waals surface area contributed by atoms with E-state index >= 15 is 0 Å². The Morgan fingerprint density at radius 2 is 2.18 bits per heavy atom. The number of aromatic amines is 1. The Labute approximate surface area is 94.8 Å². The Hall–Kier alpha value is -2.11. The molecule has 2 aromatic rings. The van der Waals surface area contributed by atoms with E-state index in [1.807, 2.05) is 0 Å². The van der Waals surface area contributed by atoms with Crippen molar-refractivity contribution in [3.8, 4) is 5.75 Å². The predicted molar refractivity (Wildman–Crippen MR) is 56.3 cm³/mol. The lowest BCUT2D eigenvalue weighted by Gasteiger charge is -2.05. The van der Waals surface area contributed by atoms with E-state index in [1.54, 1.807) is 6.92 Å². The molecule has 0 amide bonds. The monoisotopic (exact) mass is 241 g/mol. The minimum absolute atomic E-state index is 0.116. The number of nitrogens with one attached hydrogen (secondary N) is 1. The van der Waals surface area contributed by atoms with Gasteiger partial charge in [0.1, 0.15) is 11.4 Å². The van der Waals surface area contributed by atoms with Crippen molar-refractivity contribution >= 4 is 16.9 Å². The molecule has 0 spiro atoms. The van der Waals surface area contributed by atoms with Gasteiger partial charge in [-0.25, -0.2) is 13.6 Å². The Morgan fingerprint density at radius 1 is 1.47 bits per heavy atom. The second-order valence-electron chi connectivity index (χ2n) is 3.38. The van der Waals surface area contributed by atoms with Crippen molar-refractivity contribution < 1.29 is 23.4 Å². The van der Waals surface area contributed by atoms with Crippen molar-refractivity contribution in [2.75, 3.05) is 6.61 Å². The lowest BCUT2D eigenvalue weighted by molar-refractivity contribution is 0.0691. The standard InChI is InChI=1S/C11H9F2NO3/c1-2-17-8-4-6(12)9(13)10-5(8)3-7(14-10)11(15)16/h3-4,14H,2H2,1H3,(H,15,16). The summed E-state index contributed by atoms with van der Waals surface area (Å²) in [6.07, 6.45) is 0. The topological polar surface area (TPSA) is 62.3 Å². The van der Waals surface area contributed by atoms with Gasteiger partial charge in [0.25, 0.3) is 0 Å². The molecule has 0 saturated carbocycles. The van der Waals surface area contributed by atoms with Crippen LogP contribution < -0.4 is 4.74 Å². The highest BCUT2D eigenvalue weighted by atomic mass is 19.2. The van der Waals surface area contributed by atoms with Crippen molar-refractivity contribution in [3.63, 3.8) is 0 Å². The molecule has 0 fully saturated rings. The minimum Gasteiger partial charge on any atom is -0.493 e. The van der Waals surface area contributed by atoms with E-state index in [-0.39, 0.29) is 29.0 Å². The van der Waals surface area contributed by atoms with Crippen LogP contribution in [0.25, 0.3) is 10.9 Å². The van der Waals surface area contributed by atoms with Gasteiger partial charge >= 0.3 is 5.97 Å². The number of hydrogen-bond donors (Lipinski definition) is 2. The van der Waals surface area contributed by atoms with Crippen molar-refractivity contribution in [3.05, 3.63) is 29.5 Å². The highest BCUT2D eigenvalue weighted by Gasteiger charge is 2.18. The number of carboxylic acid groups (broad SMARTS) is 1. The lowest BCUT2D eigenvalue weighted by Crippen LogP contribution is -1.95. The average molecular weight is 241 g/mol. The maximum absolute atomic E-state index is 13.4. The fourth-order valence-corrected chi connectivity index (χ4v) is 1.59. The maximum Gasteiger partial charge on any atom is 0.352 e. The second kappa shape index (κ2) is 4.04. The van der Waals surface area contributed by atoms with E-state index < -0.39 is 17.6 Å². The van der Waals surface area contributed by atoms with Crippen molar-refractivity contribution in [1.82, 2.24) is 4.98 Å². The summed E-state index contributed by atoms with van der Waals surface area (Å²) in [4.78, 5) is 13.1. The lowest BCUT2D eigenvalue weighted by atomic mass is 10.2. The number of hydrogen-bond acceptors (Lipinski definition) is 2. The summed E-state index contributed by atoms with van der Waals surface area (Å²) < 4.78 is 31.8. The molecule has 1 heterocycles. The molecule has 2 rings (SSSR count). The number of rotatable bonds is 3. The average Bonchev–Trinajstić information content (AvgIpc) is 2.71. The van der Waals surface area contributed by atoms with Crippen LogP contribution in [-0.2, 0) is 0 Å². The van der Waals surface area contributed by atoms with E-state index in [1.165, 1.54) is 6.07 Å². The molecule has 1 aromatic heterocycles. The molecule has 0 radical (unpaired) electrons. The molecule has 0 atom stereocenters. The van der Waals surface area contributed by atoms with Crippen LogP contribution in [0.4, 0.5) is 8.78 Å². The number of aromatic nitrogens is 1. The number of halogens is 2. The van der Waals surface area contributed by atoms with Crippen LogP contribution in [0.15, 0.2) is 12.1 Å². The summed E-state index contributed by atoms with van der Waals surface area (Å²) >= 11 is 0. The Bertz CT molecular complexity index is 592. The SMILES string of the molecule is CCOc1cc(F)c(F)c2[nH]c(C(=O)O)cc12. The molecule has 0 aliphatic heterocycles. The van der Waals surface area contributed by atoms with E-state index in [0.29, 0.717) is 0 Å². The van der Waals surface area contributed by atoms with Crippen LogP contribution in [0.3, 0.4) is 0 Å². The summed E-state index contributed by atoms with van der Waals surface area (Å²) in [6.45, 7) is 1.96. The fourth-order valence-electron chi connectivity index (χ4n) is 1.59. The Balaban J connectivity index is 2.74. The predicted octanol–water partition coefficient (Wildman–Crippen LogP) is 2.54. The van der Waals surface area contributed by atoms with Gasteiger partial charge in [0, 0.05) is 11.5 Å². The molecule has 4 nitrogen and oxygen atoms in total. The number of aromatic carboxylic acids is 1. The Morgan fingerprint density at radius 3 is 2.76 bits per heavy atom. The van der Waals surface area contributed by atoms with Crippen LogP contribution in [0, 0.1) is 11.6 Å². The van der Waals surface area contributed by atoms with Crippen molar-refractivity contribution in [1.29, 1.82) is 0 Å². The van der Waals surface area contributed by atoms with Gasteiger partial charge < -0.3 is 14.8 Å². The summed E-state index contributed by atoms with van der Waals surface area (Å²) in [7, 11) is 0. The first kappa shape index (κ1) is 11.4.